The highest BCUT2D eigenvalue weighted by Gasteiger charge is 2.09. The SMILES string of the molecule is CCCCC(=O)c1ccc(-c2cc3ccc(F)c(C)c3cn2)cn1. The second kappa shape index (κ2) is 6.87. The lowest BCUT2D eigenvalue weighted by molar-refractivity contribution is 0.0975. The van der Waals surface area contributed by atoms with Crippen LogP contribution >= 0.6 is 0 Å². The highest BCUT2D eigenvalue weighted by atomic mass is 19.1. The number of rotatable bonds is 5. The molecule has 0 atom stereocenters. The first-order valence-corrected chi connectivity index (χ1v) is 8.14. The molecule has 2 heterocycles. The van der Waals surface area contributed by atoms with Gasteiger partial charge in [0.05, 0.1) is 5.69 Å². The second-order valence-corrected chi connectivity index (χ2v) is 5.92. The summed E-state index contributed by atoms with van der Waals surface area (Å²) in [5, 5.41) is 1.74. The summed E-state index contributed by atoms with van der Waals surface area (Å²) >= 11 is 0. The molecule has 1 aromatic carbocycles. The number of hydrogen-bond acceptors (Lipinski definition) is 3. The van der Waals surface area contributed by atoms with E-state index in [9.17, 15) is 9.18 Å². The van der Waals surface area contributed by atoms with E-state index in [-0.39, 0.29) is 11.6 Å². The Morgan fingerprint density at radius 3 is 2.67 bits per heavy atom. The highest BCUT2D eigenvalue weighted by Crippen LogP contribution is 2.25. The van der Waals surface area contributed by atoms with Gasteiger partial charge < -0.3 is 0 Å². The van der Waals surface area contributed by atoms with Crippen molar-refractivity contribution in [1.29, 1.82) is 0 Å². The molecule has 0 aliphatic carbocycles. The summed E-state index contributed by atoms with van der Waals surface area (Å²) in [6, 6.07) is 8.73. The number of hydrogen-bond donors (Lipinski definition) is 0. The Morgan fingerprint density at radius 2 is 1.96 bits per heavy atom. The second-order valence-electron chi connectivity index (χ2n) is 5.92. The number of pyridine rings is 2. The molecule has 122 valence electrons. The van der Waals surface area contributed by atoms with Crippen molar-refractivity contribution in [1.82, 2.24) is 9.97 Å². The van der Waals surface area contributed by atoms with E-state index in [2.05, 4.69) is 16.9 Å². The lowest BCUT2D eigenvalue weighted by atomic mass is 10.0. The monoisotopic (exact) mass is 322 g/mol. The molecule has 0 aliphatic rings. The van der Waals surface area contributed by atoms with Crippen LogP contribution in [0.4, 0.5) is 4.39 Å². The van der Waals surface area contributed by atoms with Gasteiger partial charge in [-0.05, 0) is 48.6 Å². The van der Waals surface area contributed by atoms with Crippen LogP contribution in [0.25, 0.3) is 22.0 Å². The molecule has 0 spiro atoms. The van der Waals surface area contributed by atoms with Crippen LogP contribution in [-0.2, 0) is 0 Å². The van der Waals surface area contributed by atoms with Crippen molar-refractivity contribution >= 4 is 16.6 Å². The van der Waals surface area contributed by atoms with E-state index in [0.717, 1.165) is 34.9 Å². The van der Waals surface area contributed by atoms with Crippen molar-refractivity contribution in [3.05, 3.63) is 59.8 Å². The predicted molar refractivity (Wildman–Crippen MR) is 93.5 cm³/mol. The Labute approximate surface area is 140 Å². The number of Topliss-reactive ketones (excluding diaryl/α,β-unsaturated/α-hetero) is 1. The number of aromatic nitrogens is 2. The van der Waals surface area contributed by atoms with E-state index in [0.29, 0.717) is 17.7 Å². The molecular weight excluding hydrogens is 303 g/mol. The lowest BCUT2D eigenvalue weighted by Crippen LogP contribution is -2.01. The zero-order valence-electron chi connectivity index (χ0n) is 13.8. The number of carbonyl (C=O) groups excluding carboxylic acids is 1. The van der Waals surface area contributed by atoms with Crippen molar-refractivity contribution < 1.29 is 9.18 Å². The molecule has 0 N–H and O–H groups in total. The number of carbonyl (C=O) groups is 1. The van der Waals surface area contributed by atoms with E-state index >= 15 is 0 Å². The molecule has 24 heavy (non-hydrogen) atoms. The summed E-state index contributed by atoms with van der Waals surface area (Å²) in [6.45, 7) is 3.81. The van der Waals surface area contributed by atoms with E-state index in [1.165, 1.54) is 6.07 Å². The average Bonchev–Trinajstić information content (AvgIpc) is 2.62. The van der Waals surface area contributed by atoms with Crippen LogP contribution in [0.15, 0.2) is 42.7 Å². The van der Waals surface area contributed by atoms with Crippen molar-refractivity contribution in [3.8, 4) is 11.3 Å². The zero-order chi connectivity index (χ0) is 17.1. The minimum atomic E-state index is -0.228. The fraction of sp³-hybridized carbons (Fsp3) is 0.250. The molecule has 0 saturated carbocycles. The van der Waals surface area contributed by atoms with Crippen molar-refractivity contribution in [2.45, 2.75) is 33.1 Å². The maximum atomic E-state index is 13.6. The number of benzene rings is 1. The fourth-order valence-electron chi connectivity index (χ4n) is 2.67. The third-order valence-corrected chi connectivity index (χ3v) is 4.21. The third-order valence-electron chi connectivity index (χ3n) is 4.21. The third kappa shape index (κ3) is 3.18. The molecule has 0 bridgehead atoms. The molecule has 0 unspecified atom stereocenters. The number of halogens is 1. The Morgan fingerprint density at radius 1 is 1.12 bits per heavy atom. The molecule has 0 saturated heterocycles. The summed E-state index contributed by atoms with van der Waals surface area (Å²) in [5.74, 6) is -0.158. The quantitative estimate of drug-likeness (QED) is 0.612. The molecule has 0 aliphatic heterocycles. The van der Waals surface area contributed by atoms with Crippen LogP contribution in [0.5, 0.6) is 0 Å². The lowest BCUT2D eigenvalue weighted by Gasteiger charge is -2.07. The summed E-state index contributed by atoms with van der Waals surface area (Å²) in [4.78, 5) is 20.7. The first kappa shape index (κ1) is 16.2. The standard InChI is InChI=1S/C20H19FN2O/c1-3-4-5-20(24)18-9-7-15(11-22-18)19-10-14-6-8-17(21)13(2)16(14)12-23-19/h6-12H,3-5H2,1-2H3. The van der Waals surface area contributed by atoms with Crippen molar-refractivity contribution in [3.63, 3.8) is 0 Å². The van der Waals surface area contributed by atoms with Gasteiger partial charge in [-0.2, -0.15) is 0 Å². The molecule has 0 amide bonds. The van der Waals surface area contributed by atoms with E-state index in [1.54, 1.807) is 31.5 Å². The van der Waals surface area contributed by atoms with Gasteiger partial charge in [0, 0.05) is 29.8 Å². The topological polar surface area (TPSA) is 42.9 Å². The van der Waals surface area contributed by atoms with Gasteiger partial charge >= 0.3 is 0 Å². The van der Waals surface area contributed by atoms with Crippen LogP contribution in [-0.4, -0.2) is 15.8 Å². The molecule has 4 heteroatoms. The smallest absolute Gasteiger partial charge is 0.181 e. The Kier molecular flexibility index (Phi) is 4.65. The van der Waals surface area contributed by atoms with Gasteiger partial charge in [-0.3, -0.25) is 14.8 Å². The summed E-state index contributed by atoms with van der Waals surface area (Å²) in [7, 11) is 0. The van der Waals surface area contributed by atoms with Crippen LogP contribution in [0.1, 0.15) is 42.2 Å². The van der Waals surface area contributed by atoms with Crippen molar-refractivity contribution in [2.75, 3.05) is 0 Å². The number of aryl methyl sites for hydroxylation is 1. The van der Waals surface area contributed by atoms with E-state index < -0.39 is 0 Å². The molecule has 3 aromatic rings. The van der Waals surface area contributed by atoms with Crippen LogP contribution in [0.2, 0.25) is 0 Å². The minimum absolute atomic E-state index is 0.0703. The number of ketones is 1. The van der Waals surface area contributed by atoms with Gasteiger partial charge in [-0.25, -0.2) is 4.39 Å². The van der Waals surface area contributed by atoms with Gasteiger partial charge in [0.15, 0.2) is 5.78 Å². The maximum Gasteiger partial charge on any atom is 0.181 e. The van der Waals surface area contributed by atoms with Crippen LogP contribution < -0.4 is 0 Å². The summed E-state index contributed by atoms with van der Waals surface area (Å²) < 4.78 is 13.6. The van der Waals surface area contributed by atoms with Crippen LogP contribution in [0.3, 0.4) is 0 Å². The van der Waals surface area contributed by atoms with Gasteiger partial charge in [-0.1, -0.05) is 19.4 Å². The highest BCUT2D eigenvalue weighted by molar-refractivity contribution is 5.94. The molecular formula is C20H19FN2O. The predicted octanol–water partition coefficient (Wildman–Crippen LogP) is 5.12. The van der Waals surface area contributed by atoms with Crippen molar-refractivity contribution in [2.24, 2.45) is 0 Å². The maximum absolute atomic E-state index is 13.6. The molecule has 2 aromatic heterocycles. The number of nitrogens with zero attached hydrogens (tertiary/aromatic N) is 2. The first-order valence-electron chi connectivity index (χ1n) is 8.14. The fourth-order valence-corrected chi connectivity index (χ4v) is 2.67. The van der Waals surface area contributed by atoms with Gasteiger partial charge in [-0.15, -0.1) is 0 Å². The normalized spacial score (nSPS) is 11.0. The van der Waals surface area contributed by atoms with Gasteiger partial charge in [0.25, 0.3) is 0 Å². The van der Waals surface area contributed by atoms with Gasteiger partial charge in [0.2, 0.25) is 0 Å². The van der Waals surface area contributed by atoms with Gasteiger partial charge in [0.1, 0.15) is 11.5 Å². The number of fused-ring (bicyclic) bond motifs is 1. The Balaban J connectivity index is 1.90. The largest absolute Gasteiger partial charge is 0.292 e. The Hall–Kier alpha value is -2.62. The summed E-state index contributed by atoms with van der Waals surface area (Å²) in [5.41, 5.74) is 2.69. The number of unbranched alkanes of at least 4 members (excludes halogenated alkanes) is 1. The zero-order valence-corrected chi connectivity index (χ0v) is 13.8. The van der Waals surface area contributed by atoms with Crippen LogP contribution in [0, 0.1) is 12.7 Å². The molecule has 3 nitrogen and oxygen atoms in total. The van der Waals surface area contributed by atoms with E-state index in [1.807, 2.05) is 12.1 Å². The van der Waals surface area contributed by atoms with E-state index in [4.69, 9.17) is 0 Å². The summed E-state index contributed by atoms with van der Waals surface area (Å²) in [6.07, 6.45) is 5.75. The Bertz CT molecular complexity index is 888. The first-order chi connectivity index (χ1) is 11.6. The molecule has 3 rings (SSSR count). The molecule has 0 radical (unpaired) electrons. The molecule has 0 fully saturated rings. The minimum Gasteiger partial charge on any atom is -0.292 e. The average molecular weight is 322 g/mol.